The molecular formula is C7H16N2OS. The monoisotopic (exact) mass is 176 g/mol. The average Bonchev–Trinajstić information content (AvgIpc) is 1.86. The molecule has 0 aliphatic rings. The van der Waals surface area contributed by atoms with Crippen LogP contribution in [0.4, 0.5) is 0 Å². The molecular weight excluding hydrogens is 160 g/mol. The smallest absolute Gasteiger partial charge is 0.258 e. The van der Waals surface area contributed by atoms with Crippen LogP contribution in [-0.2, 0) is 4.74 Å². The molecule has 0 bridgehead atoms. The zero-order chi connectivity index (χ0) is 8.85. The Hall–Kier alpha value is -0.350. The predicted molar refractivity (Wildman–Crippen MR) is 50.8 cm³/mol. The molecule has 0 atom stereocenters. The van der Waals surface area contributed by atoms with Gasteiger partial charge in [-0.2, -0.15) is 0 Å². The number of ether oxygens (including phenoxy) is 1. The molecule has 0 spiro atoms. The molecule has 4 heteroatoms. The Balaban J connectivity index is 3.32. The van der Waals surface area contributed by atoms with Crippen molar-refractivity contribution >= 4 is 17.4 Å². The van der Waals surface area contributed by atoms with Crippen molar-refractivity contribution in [3.8, 4) is 0 Å². The molecule has 0 fully saturated rings. The van der Waals surface area contributed by atoms with E-state index in [0.29, 0.717) is 11.8 Å². The first-order valence-corrected chi connectivity index (χ1v) is 3.93. The largest absolute Gasteiger partial charge is 0.470 e. The van der Waals surface area contributed by atoms with Gasteiger partial charge in [0, 0.05) is 20.6 Å². The molecule has 0 aromatic carbocycles. The molecule has 0 saturated heterocycles. The van der Waals surface area contributed by atoms with Gasteiger partial charge in [0.05, 0.1) is 0 Å². The molecule has 0 aromatic heterocycles. The molecule has 11 heavy (non-hydrogen) atoms. The number of thiocarbonyl (C=S) groups is 1. The van der Waals surface area contributed by atoms with E-state index >= 15 is 0 Å². The fourth-order valence-corrected chi connectivity index (χ4v) is 0.528. The van der Waals surface area contributed by atoms with E-state index in [9.17, 15) is 0 Å². The van der Waals surface area contributed by atoms with E-state index in [1.54, 1.807) is 4.90 Å². The van der Waals surface area contributed by atoms with E-state index in [2.05, 4.69) is 4.90 Å². The van der Waals surface area contributed by atoms with E-state index in [1.807, 2.05) is 28.2 Å². The van der Waals surface area contributed by atoms with Gasteiger partial charge >= 0.3 is 0 Å². The van der Waals surface area contributed by atoms with Crippen LogP contribution < -0.4 is 0 Å². The van der Waals surface area contributed by atoms with Gasteiger partial charge in [0.25, 0.3) is 5.17 Å². The maximum atomic E-state index is 5.23. The standard InChI is InChI=1S/C7H16N2OS/c1-8(2)5-6-10-7(11)9(3)4/h5-6H2,1-4H3. The van der Waals surface area contributed by atoms with Gasteiger partial charge in [-0.25, -0.2) is 0 Å². The van der Waals surface area contributed by atoms with E-state index < -0.39 is 0 Å². The lowest BCUT2D eigenvalue weighted by Crippen LogP contribution is -2.26. The van der Waals surface area contributed by atoms with Crippen LogP contribution in [0.25, 0.3) is 0 Å². The van der Waals surface area contributed by atoms with Gasteiger partial charge in [0.2, 0.25) is 0 Å². The second-order valence-electron chi connectivity index (χ2n) is 2.81. The highest BCUT2D eigenvalue weighted by Gasteiger charge is 1.98. The zero-order valence-electron chi connectivity index (χ0n) is 7.63. The van der Waals surface area contributed by atoms with Gasteiger partial charge in [-0.15, -0.1) is 0 Å². The van der Waals surface area contributed by atoms with Crippen LogP contribution in [0, 0.1) is 0 Å². The van der Waals surface area contributed by atoms with Crippen molar-refractivity contribution in [2.24, 2.45) is 0 Å². The molecule has 0 rings (SSSR count). The van der Waals surface area contributed by atoms with Crippen molar-refractivity contribution in [3.05, 3.63) is 0 Å². The summed E-state index contributed by atoms with van der Waals surface area (Å²) in [5.74, 6) is 0. The summed E-state index contributed by atoms with van der Waals surface area (Å²) in [6, 6.07) is 0. The van der Waals surface area contributed by atoms with Crippen LogP contribution in [0.3, 0.4) is 0 Å². The van der Waals surface area contributed by atoms with E-state index in [-0.39, 0.29) is 0 Å². The number of hydrogen-bond acceptors (Lipinski definition) is 3. The normalized spacial score (nSPS) is 9.91. The minimum absolute atomic E-state index is 0.548. The van der Waals surface area contributed by atoms with E-state index in [1.165, 1.54) is 0 Å². The number of hydrogen-bond donors (Lipinski definition) is 0. The highest BCUT2D eigenvalue weighted by Crippen LogP contribution is 1.86. The first-order valence-electron chi connectivity index (χ1n) is 3.53. The SMILES string of the molecule is CN(C)CCOC(=S)N(C)C. The molecule has 0 saturated carbocycles. The summed E-state index contributed by atoms with van der Waals surface area (Å²) in [5.41, 5.74) is 0. The minimum atomic E-state index is 0.548. The van der Waals surface area contributed by atoms with Crippen molar-refractivity contribution in [1.82, 2.24) is 9.80 Å². The van der Waals surface area contributed by atoms with Crippen molar-refractivity contribution < 1.29 is 4.74 Å². The Morgan fingerprint density at radius 2 is 1.82 bits per heavy atom. The Bertz CT molecular complexity index is 126. The molecule has 3 nitrogen and oxygen atoms in total. The van der Waals surface area contributed by atoms with Crippen LogP contribution in [0.2, 0.25) is 0 Å². The second kappa shape index (κ2) is 5.32. The molecule has 0 aromatic rings. The highest BCUT2D eigenvalue weighted by atomic mass is 32.1. The van der Waals surface area contributed by atoms with Crippen molar-refractivity contribution in [3.63, 3.8) is 0 Å². The van der Waals surface area contributed by atoms with Gasteiger partial charge in [-0.1, -0.05) is 0 Å². The Kier molecular flexibility index (Phi) is 5.15. The summed E-state index contributed by atoms with van der Waals surface area (Å²) in [6.45, 7) is 1.55. The van der Waals surface area contributed by atoms with Crippen molar-refractivity contribution in [2.75, 3.05) is 41.3 Å². The molecule has 0 amide bonds. The topological polar surface area (TPSA) is 15.7 Å². The summed E-state index contributed by atoms with van der Waals surface area (Å²) < 4.78 is 5.23. The van der Waals surface area contributed by atoms with Crippen molar-refractivity contribution in [1.29, 1.82) is 0 Å². The predicted octanol–water partition coefficient (Wildman–Crippen LogP) is 0.411. The fraction of sp³-hybridized carbons (Fsp3) is 0.857. The maximum absolute atomic E-state index is 5.23. The summed E-state index contributed by atoms with van der Waals surface area (Å²) in [6.07, 6.45) is 0. The van der Waals surface area contributed by atoms with Crippen LogP contribution in [-0.4, -0.2) is 56.3 Å². The number of nitrogens with zero attached hydrogens (tertiary/aromatic N) is 2. The van der Waals surface area contributed by atoms with Gasteiger partial charge < -0.3 is 14.5 Å². The quantitative estimate of drug-likeness (QED) is 0.579. The lowest BCUT2D eigenvalue weighted by atomic mass is 10.6. The summed E-state index contributed by atoms with van der Waals surface area (Å²) >= 11 is 4.92. The number of likely N-dealkylation sites (N-methyl/N-ethyl adjacent to an activating group) is 1. The second-order valence-corrected chi connectivity index (χ2v) is 3.16. The first kappa shape index (κ1) is 10.7. The molecule has 0 unspecified atom stereocenters. The van der Waals surface area contributed by atoms with E-state index in [0.717, 1.165) is 6.54 Å². The first-order chi connectivity index (χ1) is 5.04. The summed E-state index contributed by atoms with van der Waals surface area (Å²) in [5, 5.41) is 0.548. The van der Waals surface area contributed by atoms with Crippen LogP contribution >= 0.6 is 12.2 Å². The van der Waals surface area contributed by atoms with Crippen LogP contribution in [0.1, 0.15) is 0 Å². The van der Waals surface area contributed by atoms with E-state index in [4.69, 9.17) is 17.0 Å². The lowest BCUT2D eigenvalue weighted by molar-refractivity contribution is 0.230. The molecule has 0 N–H and O–H groups in total. The third kappa shape index (κ3) is 6.06. The Labute approximate surface area is 73.9 Å². The van der Waals surface area contributed by atoms with Gasteiger partial charge in [-0.05, 0) is 26.3 Å². The Morgan fingerprint density at radius 3 is 2.18 bits per heavy atom. The van der Waals surface area contributed by atoms with Gasteiger partial charge in [-0.3, -0.25) is 0 Å². The zero-order valence-corrected chi connectivity index (χ0v) is 8.44. The summed E-state index contributed by atoms with van der Waals surface area (Å²) in [7, 11) is 7.75. The fourth-order valence-electron chi connectivity index (χ4n) is 0.445. The third-order valence-electron chi connectivity index (χ3n) is 1.13. The van der Waals surface area contributed by atoms with Crippen molar-refractivity contribution in [2.45, 2.75) is 0 Å². The average molecular weight is 176 g/mol. The van der Waals surface area contributed by atoms with Crippen LogP contribution in [0.15, 0.2) is 0 Å². The lowest BCUT2D eigenvalue weighted by Gasteiger charge is -2.15. The molecule has 66 valence electrons. The molecule has 0 heterocycles. The summed E-state index contributed by atoms with van der Waals surface area (Å²) in [4.78, 5) is 3.84. The van der Waals surface area contributed by atoms with Gasteiger partial charge in [0.1, 0.15) is 6.61 Å². The molecule has 0 aliphatic carbocycles. The third-order valence-corrected chi connectivity index (χ3v) is 1.61. The van der Waals surface area contributed by atoms with Gasteiger partial charge in [0.15, 0.2) is 0 Å². The molecule has 0 radical (unpaired) electrons. The van der Waals surface area contributed by atoms with Crippen LogP contribution in [0.5, 0.6) is 0 Å². The molecule has 0 aliphatic heterocycles. The maximum Gasteiger partial charge on any atom is 0.258 e. The Morgan fingerprint density at radius 1 is 1.27 bits per heavy atom. The number of rotatable bonds is 3. The minimum Gasteiger partial charge on any atom is -0.470 e. The highest BCUT2D eigenvalue weighted by molar-refractivity contribution is 7.80.